The standard InChI is InChI=1S/C15H10ClF2N5O/c1-8-2-3-9(23-7-19-21-22-23)4-14(8)20-15(24)10-5-12(17)13(18)6-11(10)16/h2-7H,1H3,(H,20,24). The molecule has 0 saturated heterocycles. The van der Waals surface area contributed by atoms with Gasteiger partial charge in [0.2, 0.25) is 0 Å². The fourth-order valence-electron chi connectivity index (χ4n) is 2.05. The number of nitrogens with zero attached hydrogens (tertiary/aromatic N) is 4. The van der Waals surface area contributed by atoms with Gasteiger partial charge < -0.3 is 5.32 Å². The highest BCUT2D eigenvalue weighted by molar-refractivity contribution is 6.34. The van der Waals surface area contributed by atoms with E-state index in [-0.39, 0.29) is 10.6 Å². The molecule has 0 radical (unpaired) electrons. The smallest absolute Gasteiger partial charge is 0.257 e. The number of benzene rings is 2. The van der Waals surface area contributed by atoms with Gasteiger partial charge in [-0.25, -0.2) is 13.5 Å². The summed E-state index contributed by atoms with van der Waals surface area (Å²) >= 11 is 5.82. The largest absolute Gasteiger partial charge is 0.322 e. The number of tetrazole rings is 1. The predicted molar refractivity (Wildman–Crippen MR) is 83.2 cm³/mol. The van der Waals surface area contributed by atoms with Gasteiger partial charge in [-0.05, 0) is 47.2 Å². The van der Waals surface area contributed by atoms with E-state index in [0.29, 0.717) is 11.4 Å². The van der Waals surface area contributed by atoms with Crippen LogP contribution in [0.15, 0.2) is 36.7 Å². The molecule has 1 amide bonds. The molecule has 3 aromatic rings. The van der Waals surface area contributed by atoms with Gasteiger partial charge >= 0.3 is 0 Å². The van der Waals surface area contributed by atoms with Gasteiger partial charge in [0.15, 0.2) is 11.6 Å². The minimum atomic E-state index is -1.15. The van der Waals surface area contributed by atoms with Gasteiger partial charge in [0, 0.05) is 5.69 Å². The summed E-state index contributed by atoms with van der Waals surface area (Å²) in [6.07, 6.45) is 1.41. The van der Waals surface area contributed by atoms with Crippen molar-refractivity contribution in [3.05, 3.63) is 64.4 Å². The van der Waals surface area contributed by atoms with Crippen molar-refractivity contribution in [2.75, 3.05) is 5.32 Å². The summed E-state index contributed by atoms with van der Waals surface area (Å²) in [7, 11) is 0. The first-order valence-electron chi connectivity index (χ1n) is 6.75. The third-order valence-electron chi connectivity index (χ3n) is 3.34. The number of amides is 1. The Balaban J connectivity index is 1.92. The molecule has 1 aromatic heterocycles. The summed E-state index contributed by atoms with van der Waals surface area (Å²) in [5, 5.41) is 13.3. The molecule has 0 bridgehead atoms. The number of halogens is 3. The lowest BCUT2D eigenvalue weighted by Crippen LogP contribution is -2.14. The molecule has 0 aliphatic carbocycles. The minimum Gasteiger partial charge on any atom is -0.322 e. The maximum absolute atomic E-state index is 13.3. The molecule has 0 saturated carbocycles. The maximum atomic E-state index is 13.3. The highest BCUT2D eigenvalue weighted by Crippen LogP contribution is 2.23. The molecule has 24 heavy (non-hydrogen) atoms. The monoisotopic (exact) mass is 349 g/mol. The average Bonchev–Trinajstić information content (AvgIpc) is 3.07. The van der Waals surface area contributed by atoms with Crippen LogP contribution in [0.1, 0.15) is 15.9 Å². The first-order chi connectivity index (χ1) is 11.5. The Morgan fingerprint density at radius 3 is 2.67 bits per heavy atom. The van der Waals surface area contributed by atoms with E-state index in [0.717, 1.165) is 17.7 Å². The van der Waals surface area contributed by atoms with Crippen molar-refractivity contribution >= 4 is 23.2 Å². The van der Waals surface area contributed by atoms with Crippen LogP contribution in [0, 0.1) is 18.6 Å². The van der Waals surface area contributed by atoms with Crippen molar-refractivity contribution in [2.45, 2.75) is 6.92 Å². The fraction of sp³-hybridized carbons (Fsp3) is 0.0667. The summed E-state index contributed by atoms with van der Waals surface area (Å²) in [4.78, 5) is 12.3. The molecule has 3 rings (SSSR count). The number of carbonyl (C=O) groups is 1. The summed E-state index contributed by atoms with van der Waals surface area (Å²) in [5.41, 5.74) is 1.69. The molecular formula is C15H10ClF2N5O. The lowest BCUT2D eigenvalue weighted by molar-refractivity contribution is 0.102. The number of aryl methyl sites for hydroxylation is 1. The van der Waals surface area contributed by atoms with E-state index in [4.69, 9.17) is 11.6 Å². The second kappa shape index (κ2) is 6.32. The number of nitrogens with one attached hydrogen (secondary N) is 1. The third-order valence-corrected chi connectivity index (χ3v) is 3.65. The SMILES string of the molecule is Cc1ccc(-n2cnnn2)cc1NC(=O)c1cc(F)c(F)cc1Cl. The number of rotatable bonds is 3. The van der Waals surface area contributed by atoms with E-state index in [1.807, 2.05) is 0 Å². The lowest BCUT2D eigenvalue weighted by Gasteiger charge is -2.11. The van der Waals surface area contributed by atoms with E-state index < -0.39 is 17.5 Å². The molecule has 1 N–H and O–H groups in total. The highest BCUT2D eigenvalue weighted by Gasteiger charge is 2.16. The Morgan fingerprint density at radius 2 is 1.96 bits per heavy atom. The second-order valence-corrected chi connectivity index (χ2v) is 5.36. The average molecular weight is 350 g/mol. The molecule has 1 heterocycles. The molecule has 122 valence electrons. The van der Waals surface area contributed by atoms with E-state index in [9.17, 15) is 13.6 Å². The number of carbonyl (C=O) groups excluding carboxylic acids is 1. The van der Waals surface area contributed by atoms with E-state index in [1.165, 1.54) is 11.0 Å². The zero-order chi connectivity index (χ0) is 17.3. The minimum absolute atomic E-state index is 0.164. The number of hydrogen-bond acceptors (Lipinski definition) is 4. The molecule has 0 aliphatic heterocycles. The van der Waals surface area contributed by atoms with Crippen LogP contribution < -0.4 is 5.32 Å². The molecule has 0 fully saturated rings. The van der Waals surface area contributed by atoms with E-state index in [1.54, 1.807) is 25.1 Å². The van der Waals surface area contributed by atoms with Crippen molar-refractivity contribution in [1.82, 2.24) is 20.2 Å². The summed E-state index contributed by atoms with van der Waals surface area (Å²) in [5.74, 6) is -2.92. The van der Waals surface area contributed by atoms with Crippen LogP contribution in [0.5, 0.6) is 0 Å². The molecule has 6 nitrogen and oxygen atoms in total. The molecule has 9 heteroatoms. The van der Waals surface area contributed by atoms with Crippen molar-refractivity contribution in [2.24, 2.45) is 0 Å². The Kier molecular flexibility index (Phi) is 4.22. The van der Waals surface area contributed by atoms with Gasteiger partial charge in [-0.15, -0.1) is 5.10 Å². The maximum Gasteiger partial charge on any atom is 0.257 e. The van der Waals surface area contributed by atoms with E-state index in [2.05, 4.69) is 20.8 Å². The fourth-order valence-corrected chi connectivity index (χ4v) is 2.29. The first kappa shape index (κ1) is 16.0. The Bertz CT molecular complexity index is 914. The number of aromatic nitrogens is 4. The Hall–Kier alpha value is -2.87. The predicted octanol–water partition coefficient (Wildman–Crippen LogP) is 3.15. The van der Waals surface area contributed by atoms with Crippen molar-refractivity contribution < 1.29 is 13.6 Å². The van der Waals surface area contributed by atoms with Crippen LogP contribution in [0.25, 0.3) is 5.69 Å². The van der Waals surface area contributed by atoms with Crippen LogP contribution in [0.4, 0.5) is 14.5 Å². The van der Waals surface area contributed by atoms with Gasteiger partial charge in [0.05, 0.1) is 16.3 Å². The van der Waals surface area contributed by atoms with Gasteiger partial charge in [-0.2, -0.15) is 0 Å². The van der Waals surface area contributed by atoms with Crippen molar-refractivity contribution in [3.8, 4) is 5.69 Å². The molecule has 0 spiro atoms. The second-order valence-electron chi connectivity index (χ2n) is 4.95. The van der Waals surface area contributed by atoms with Gasteiger partial charge in [0.1, 0.15) is 6.33 Å². The normalized spacial score (nSPS) is 10.7. The van der Waals surface area contributed by atoms with Crippen molar-refractivity contribution in [1.29, 1.82) is 0 Å². The van der Waals surface area contributed by atoms with E-state index >= 15 is 0 Å². The van der Waals surface area contributed by atoms with Gasteiger partial charge in [0.25, 0.3) is 5.91 Å². The topological polar surface area (TPSA) is 72.7 Å². The van der Waals surface area contributed by atoms with Gasteiger partial charge in [-0.3, -0.25) is 4.79 Å². The Morgan fingerprint density at radius 1 is 1.21 bits per heavy atom. The van der Waals surface area contributed by atoms with Crippen LogP contribution >= 0.6 is 11.6 Å². The first-order valence-corrected chi connectivity index (χ1v) is 7.13. The quantitative estimate of drug-likeness (QED) is 0.737. The molecule has 2 aromatic carbocycles. The van der Waals surface area contributed by atoms with Crippen LogP contribution in [0.3, 0.4) is 0 Å². The van der Waals surface area contributed by atoms with Crippen LogP contribution in [-0.2, 0) is 0 Å². The molecule has 0 aliphatic rings. The third kappa shape index (κ3) is 3.09. The van der Waals surface area contributed by atoms with Crippen molar-refractivity contribution in [3.63, 3.8) is 0 Å². The molecule has 0 atom stereocenters. The van der Waals surface area contributed by atoms with Gasteiger partial charge in [-0.1, -0.05) is 17.7 Å². The molecule has 0 unspecified atom stereocenters. The number of anilines is 1. The zero-order valence-corrected chi connectivity index (χ0v) is 13.1. The Labute approximate surface area is 140 Å². The lowest BCUT2D eigenvalue weighted by atomic mass is 10.1. The van der Waals surface area contributed by atoms with Crippen LogP contribution in [0.2, 0.25) is 5.02 Å². The highest BCUT2D eigenvalue weighted by atomic mass is 35.5. The summed E-state index contributed by atoms with van der Waals surface area (Å²) in [6, 6.07) is 6.70. The van der Waals surface area contributed by atoms with Crippen LogP contribution in [-0.4, -0.2) is 26.1 Å². The molecular weight excluding hydrogens is 340 g/mol. The summed E-state index contributed by atoms with van der Waals surface area (Å²) < 4.78 is 27.9. The number of hydrogen-bond donors (Lipinski definition) is 1. The summed E-state index contributed by atoms with van der Waals surface area (Å²) in [6.45, 7) is 1.78. The zero-order valence-electron chi connectivity index (χ0n) is 12.3.